The fourth-order valence-electron chi connectivity index (χ4n) is 4.22. The number of anilines is 1. The highest BCUT2D eigenvalue weighted by atomic mass is 32.2. The molecule has 0 aromatic heterocycles. The van der Waals surface area contributed by atoms with Gasteiger partial charge in [-0.05, 0) is 42.7 Å². The third-order valence-electron chi connectivity index (χ3n) is 5.82. The molecule has 3 aromatic rings. The van der Waals surface area contributed by atoms with E-state index in [1.165, 1.54) is 17.0 Å². The third-order valence-corrected chi connectivity index (χ3v) is 7.71. The number of ether oxygens (including phenoxy) is 1. The lowest BCUT2D eigenvalue weighted by atomic mass is 10.0. The fraction of sp³-hybridized carbons (Fsp3) is 0.240. The lowest BCUT2D eigenvalue weighted by Crippen LogP contribution is -2.49. The maximum Gasteiger partial charge on any atom is 0.573 e. The van der Waals surface area contributed by atoms with Gasteiger partial charge in [0.1, 0.15) is 16.7 Å². The van der Waals surface area contributed by atoms with Crippen molar-refractivity contribution in [3.8, 4) is 5.75 Å². The van der Waals surface area contributed by atoms with Crippen LogP contribution in [0.2, 0.25) is 0 Å². The van der Waals surface area contributed by atoms with Crippen LogP contribution in [0.1, 0.15) is 16.7 Å². The number of halogens is 3. The fourth-order valence-corrected chi connectivity index (χ4v) is 5.89. The van der Waals surface area contributed by atoms with Gasteiger partial charge in [-0.25, -0.2) is 8.42 Å². The number of carbonyl (C=O) groups is 1. The molecule has 0 saturated carbocycles. The summed E-state index contributed by atoms with van der Waals surface area (Å²) in [6, 6.07) is 17.5. The van der Waals surface area contributed by atoms with E-state index in [0.29, 0.717) is 11.3 Å². The Bertz CT molecular complexity index is 1360. The Morgan fingerprint density at radius 2 is 1.69 bits per heavy atom. The zero-order chi connectivity index (χ0) is 25.4. The smallest absolute Gasteiger partial charge is 0.404 e. The van der Waals surface area contributed by atoms with E-state index in [2.05, 4.69) is 4.74 Å². The summed E-state index contributed by atoms with van der Waals surface area (Å²) in [5.41, 5.74) is 2.73. The van der Waals surface area contributed by atoms with Gasteiger partial charge in [0.05, 0.1) is 0 Å². The number of carbonyl (C=O) groups excluding carboxylic acids is 1. The molecule has 10 heteroatoms. The van der Waals surface area contributed by atoms with E-state index < -0.39 is 39.0 Å². The van der Waals surface area contributed by atoms with Crippen LogP contribution >= 0.6 is 0 Å². The molecule has 184 valence electrons. The van der Waals surface area contributed by atoms with E-state index >= 15 is 0 Å². The monoisotopic (exact) mass is 504 g/mol. The Hall–Kier alpha value is -3.37. The maximum atomic E-state index is 13.9. The molecule has 0 spiro atoms. The van der Waals surface area contributed by atoms with Crippen molar-refractivity contribution >= 4 is 21.6 Å². The van der Waals surface area contributed by atoms with Gasteiger partial charge in [-0.3, -0.25) is 4.79 Å². The molecule has 0 radical (unpaired) electrons. The zero-order valence-corrected chi connectivity index (χ0v) is 19.8. The minimum absolute atomic E-state index is 0.0420. The molecule has 0 saturated heterocycles. The SMILES string of the molecule is Cc1cccc(CC2C(=O)N(C)c3ccccc3CN2S(=O)(=O)c2ccccc2OC(F)(F)F)c1. The number of nitrogens with zero attached hydrogens (tertiary/aromatic N) is 2. The summed E-state index contributed by atoms with van der Waals surface area (Å²) in [4.78, 5) is 14.3. The summed E-state index contributed by atoms with van der Waals surface area (Å²) in [6.07, 6.45) is -5.05. The van der Waals surface area contributed by atoms with Gasteiger partial charge in [-0.1, -0.05) is 60.2 Å². The Morgan fingerprint density at radius 1 is 1.00 bits per heavy atom. The molecule has 4 rings (SSSR count). The summed E-state index contributed by atoms with van der Waals surface area (Å²) in [7, 11) is -3.05. The van der Waals surface area contributed by atoms with Crippen molar-refractivity contribution < 1.29 is 31.1 Å². The highest BCUT2D eigenvalue weighted by Gasteiger charge is 2.43. The molecule has 1 aliphatic heterocycles. The molecule has 0 fully saturated rings. The van der Waals surface area contributed by atoms with E-state index in [1.54, 1.807) is 43.4 Å². The number of sulfonamides is 1. The van der Waals surface area contributed by atoms with Gasteiger partial charge in [0, 0.05) is 19.3 Å². The van der Waals surface area contributed by atoms with Crippen LogP contribution in [0.5, 0.6) is 5.75 Å². The van der Waals surface area contributed by atoms with Crippen LogP contribution in [0.4, 0.5) is 18.9 Å². The number of hydrogen-bond donors (Lipinski definition) is 0. The van der Waals surface area contributed by atoms with E-state index in [0.717, 1.165) is 27.6 Å². The van der Waals surface area contributed by atoms with Gasteiger partial charge < -0.3 is 9.64 Å². The van der Waals surface area contributed by atoms with Crippen molar-refractivity contribution in [2.75, 3.05) is 11.9 Å². The van der Waals surface area contributed by atoms with Crippen LogP contribution in [-0.4, -0.2) is 38.1 Å². The first-order chi connectivity index (χ1) is 16.5. The molecule has 0 aliphatic carbocycles. The van der Waals surface area contributed by atoms with Crippen LogP contribution in [0.25, 0.3) is 0 Å². The van der Waals surface area contributed by atoms with Crippen LogP contribution in [0.3, 0.4) is 0 Å². The molecule has 0 N–H and O–H groups in total. The number of benzene rings is 3. The van der Waals surface area contributed by atoms with Gasteiger partial charge in [0.2, 0.25) is 15.9 Å². The van der Waals surface area contributed by atoms with Crippen molar-refractivity contribution in [2.45, 2.75) is 37.2 Å². The largest absolute Gasteiger partial charge is 0.573 e. The van der Waals surface area contributed by atoms with Crippen molar-refractivity contribution in [3.05, 3.63) is 89.5 Å². The van der Waals surface area contributed by atoms with E-state index in [1.807, 2.05) is 19.1 Å². The second-order valence-corrected chi connectivity index (χ2v) is 10.1. The molecule has 1 heterocycles. The molecule has 3 aromatic carbocycles. The molecular formula is C25H23F3N2O4S. The van der Waals surface area contributed by atoms with E-state index in [-0.39, 0.29) is 13.0 Å². The first-order valence-electron chi connectivity index (χ1n) is 10.7. The molecular weight excluding hydrogens is 481 g/mol. The van der Waals surface area contributed by atoms with Crippen LogP contribution in [0, 0.1) is 6.92 Å². The normalized spacial score (nSPS) is 17.1. The number of fused-ring (bicyclic) bond motifs is 1. The molecule has 35 heavy (non-hydrogen) atoms. The van der Waals surface area contributed by atoms with E-state index in [4.69, 9.17) is 0 Å². The number of amides is 1. The Labute approximate surface area is 201 Å². The van der Waals surface area contributed by atoms with Gasteiger partial charge in [-0.15, -0.1) is 13.2 Å². The summed E-state index contributed by atoms with van der Waals surface area (Å²) in [6.45, 7) is 1.67. The number of alkyl halides is 3. The average Bonchev–Trinajstić information content (AvgIpc) is 2.89. The Kier molecular flexibility index (Phi) is 6.61. The number of hydrogen-bond acceptors (Lipinski definition) is 4. The van der Waals surface area contributed by atoms with Crippen molar-refractivity contribution in [1.29, 1.82) is 0 Å². The standard InChI is InChI=1S/C25H23F3N2O4S/c1-17-8-7-9-18(14-17)15-21-24(31)29(2)20-11-4-3-10-19(20)16-30(21)35(32,33)23-13-6-5-12-22(23)34-25(26,27)28/h3-14,21H,15-16H2,1-2H3. The number of rotatable bonds is 5. The minimum Gasteiger partial charge on any atom is -0.404 e. The first kappa shape index (κ1) is 24.7. The van der Waals surface area contributed by atoms with Crippen LogP contribution < -0.4 is 9.64 Å². The third kappa shape index (κ3) is 5.18. The molecule has 1 unspecified atom stereocenters. The number of likely N-dealkylation sites (N-methyl/N-ethyl adjacent to an activating group) is 1. The predicted octanol–water partition coefficient (Wildman–Crippen LogP) is 4.67. The van der Waals surface area contributed by atoms with Crippen LogP contribution in [-0.2, 0) is 27.8 Å². The average molecular weight is 505 g/mol. The minimum atomic E-state index is -5.09. The number of aryl methyl sites for hydroxylation is 1. The quantitative estimate of drug-likeness (QED) is 0.507. The van der Waals surface area contributed by atoms with Gasteiger partial charge in [-0.2, -0.15) is 4.31 Å². The Balaban J connectivity index is 1.86. The summed E-state index contributed by atoms with van der Waals surface area (Å²) in [5, 5.41) is 0. The summed E-state index contributed by atoms with van der Waals surface area (Å²) < 4.78 is 71.9. The second kappa shape index (κ2) is 9.35. The lowest BCUT2D eigenvalue weighted by Gasteiger charge is -2.30. The predicted molar refractivity (Wildman–Crippen MR) is 124 cm³/mol. The molecule has 1 amide bonds. The highest BCUT2D eigenvalue weighted by Crippen LogP contribution is 2.36. The molecule has 1 aliphatic rings. The van der Waals surface area contributed by atoms with Gasteiger partial charge in [0.25, 0.3) is 0 Å². The lowest BCUT2D eigenvalue weighted by molar-refractivity contribution is -0.275. The highest BCUT2D eigenvalue weighted by molar-refractivity contribution is 7.89. The summed E-state index contributed by atoms with van der Waals surface area (Å²) in [5.74, 6) is -1.35. The Morgan fingerprint density at radius 3 is 2.40 bits per heavy atom. The first-order valence-corrected chi connectivity index (χ1v) is 12.2. The van der Waals surface area contributed by atoms with Crippen molar-refractivity contribution in [3.63, 3.8) is 0 Å². The second-order valence-electron chi connectivity index (χ2n) is 8.28. The van der Waals surface area contributed by atoms with Crippen LogP contribution in [0.15, 0.2) is 77.7 Å². The van der Waals surface area contributed by atoms with Crippen molar-refractivity contribution in [1.82, 2.24) is 4.31 Å². The van der Waals surface area contributed by atoms with Crippen molar-refractivity contribution in [2.24, 2.45) is 0 Å². The zero-order valence-electron chi connectivity index (χ0n) is 19.0. The van der Waals surface area contributed by atoms with Gasteiger partial charge >= 0.3 is 6.36 Å². The molecule has 0 bridgehead atoms. The maximum absolute atomic E-state index is 13.9. The molecule has 1 atom stereocenters. The summed E-state index contributed by atoms with van der Waals surface area (Å²) >= 11 is 0. The molecule has 6 nitrogen and oxygen atoms in total. The topological polar surface area (TPSA) is 66.9 Å². The van der Waals surface area contributed by atoms with Gasteiger partial charge in [0.15, 0.2) is 0 Å². The number of para-hydroxylation sites is 2. The van der Waals surface area contributed by atoms with E-state index in [9.17, 15) is 26.4 Å².